The van der Waals surface area contributed by atoms with Gasteiger partial charge in [0.25, 0.3) is 5.69 Å². The minimum Gasteiger partial charge on any atom is -0.487 e. The summed E-state index contributed by atoms with van der Waals surface area (Å²) in [4.78, 5) is 16.5. The molecule has 7 heteroatoms. The van der Waals surface area contributed by atoms with Gasteiger partial charge in [-0.1, -0.05) is 12.1 Å². The first kappa shape index (κ1) is 16.4. The molecule has 2 unspecified atom stereocenters. The zero-order valence-corrected chi connectivity index (χ0v) is 13.1. The number of non-ortho nitro benzene ring substituents is 1. The van der Waals surface area contributed by atoms with Crippen LogP contribution < -0.4 is 4.74 Å². The average molecular weight is 329 g/mol. The quantitative estimate of drug-likeness (QED) is 0.645. The molecule has 1 fully saturated rings. The van der Waals surface area contributed by atoms with Crippen LogP contribution in [0, 0.1) is 10.1 Å². The van der Waals surface area contributed by atoms with Crippen LogP contribution in [-0.4, -0.2) is 45.7 Å². The molecular formula is C17H19N3O4. The van der Waals surface area contributed by atoms with Crippen molar-refractivity contribution in [2.24, 2.45) is 0 Å². The second-order valence-electron chi connectivity index (χ2n) is 5.84. The number of nitro groups is 1. The number of rotatable bonds is 6. The van der Waals surface area contributed by atoms with Gasteiger partial charge in [-0.25, -0.2) is 0 Å². The summed E-state index contributed by atoms with van der Waals surface area (Å²) in [5.74, 6) is 0.739. The Morgan fingerprint density at radius 3 is 3.04 bits per heavy atom. The number of aliphatic hydroxyl groups is 1. The van der Waals surface area contributed by atoms with Crippen molar-refractivity contribution in [3.05, 3.63) is 64.5 Å². The molecule has 7 nitrogen and oxygen atoms in total. The normalized spacial score (nSPS) is 19.1. The van der Waals surface area contributed by atoms with E-state index in [-0.39, 0.29) is 11.8 Å². The van der Waals surface area contributed by atoms with Crippen LogP contribution in [0.4, 0.5) is 5.69 Å². The second kappa shape index (κ2) is 7.37. The molecule has 0 saturated carbocycles. The van der Waals surface area contributed by atoms with Crippen molar-refractivity contribution < 1.29 is 14.8 Å². The van der Waals surface area contributed by atoms with E-state index in [1.807, 2.05) is 12.1 Å². The molecule has 1 aliphatic heterocycles. The molecule has 1 aliphatic rings. The SMILES string of the molecule is O=[N+]([O-])c1cccc(C(O)CN2CCC(Oc3cccnc3)C2)c1. The van der Waals surface area contributed by atoms with Gasteiger partial charge < -0.3 is 9.84 Å². The molecule has 126 valence electrons. The number of likely N-dealkylation sites (tertiary alicyclic amines) is 1. The third-order valence-corrected chi connectivity index (χ3v) is 4.06. The topological polar surface area (TPSA) is 88.7 Å². The van der Waals surface area contributed by atoms with E-state index in [1.54, 1.807) is 24.5 Å². The van der Waals surface area contributed by atoms with Gasteiger partial charge >= 0.3 is 0 Å². The summed E-state index contributed by atoms with van der Waals surface area (Å²) in [5.41, 5.74) is 0.548. The Morgan fingerprint density at radius 2 is 2.29 bits per heavy atom. The minimum atomic E-state index is -0.762. The summed E-state index contributed by atoms with van der Waals surface area (Å²) in [7, 11) is 0. The summed E-state index contributed by atoms with van der Waals surface area (Å²) in [5, 5.41) is 21.2. The van der Waals surface area contributed by atoms with Gasteiger partial charge in [0.2, 0.25) is 0 Å². The van der Waals surface area contributed by atoms with Crippen LogP contribution in [-0.2, 0) is 0 Å². The van der Waals surface area contributed by atoms with Crippen molar-refractivity contribution in [2.75, 3.05) is 19.6 Å². The number of pyridine rings is 1. The zero-order chi connectivity index (χ0) is 16.9. The molecule has 0 amide bonds. The fraction of sp³-hybridized carbons (Fsp3) is 0.353. The van der Waals surface area contributed by atoms with Gasteiger partial charge in [-0.3, -0.25) is 20.0 Å². The lowest BCUT2D eigenvalue weighted by Crippen LogP contribution is -2.29. The standard InChI is InChI=1S/C17H19N3O4/c21-17(13-3-1-4-14(9-13)20(22)23)12-19-8-6-16(11-19)24-15-5-2-7-18-10-15/h1-5,7,9-10,16-17,21H,6,8,11-12H2. The molecule has 24 heavy (non-hydrogen) atoms. The lowest BCUT2D eigenvalue weighted by molar-refractivity contribution is -0.385. The van der Waals surface area contributed by atoms with Crippen molar-refractivity contribution in [1.82, 2.24) is 9.88 Å². The Labute approximate surface area is 139 Å². The highest BCUT2D eigenvalue weighted by atomic mass is 16.6. The van der Waals surface area contributed by atoms with E-state index in [4.69, 9.17) is 4.74 Å². The van der Waals surface area contributed by atoms with Gasteiger partial charge in [-0.05, 0) is 24.1 Å². The van der Waals surface area contributed by atoms with Crippen molar-refractivity contribution in [2.45, 2.75) is 18.6 Å². The molecule has 0 radical (unpaired) electrons. The molecule has 1 N–H and O–H groups in total. The van der Waals surface area contributed by atoms with E-state index in [9.17, 15) is 15.2 Å². The summed E-state index contributed by atoms with van der Waals surface area (Å²) in [6, 6.07) is 9.84. The smallest absolute Gasteiger partial charge is 0.269 e. The lowest BCUT2D eigenvalue weighted by atomic mass is 10.1. The Balaban J connectivity index is 1.55. The monoisotopic (exact) mass is 329 g/mol. The van der Waals surface area contributed by atoms with Crippen LogP contribution in [0.3, 0.4) is 0 Å². The van der Waals surface area contributed by atoms with Crippen molar-refractivity contribution in [3.8, 4) is 5.75 Å². The van der Waals surface area contributed by atoms with Crippen LogP contribution in [0.2, 0.25) is 0 Å². The van der Waals surface area contributed by atoms with Gasteiger partial charge in [0.15, 0.2) is 0 Å². The largest absolute Gasteiger partial charge is 0.487 e. The highest BCUT2D eigenvalue weighted by molar-refractivity contribution is 5.35. The highest BCUT2D eigenvalue weighted by Gasteiger charge is 2.26. The molecule has 3 rings (SSSR count). The van der Waals surface area contributed by atoms with Crippen LogP contribution >= 0.6 is 0 Å². The fourth-order valence-electron chi connectivity index (χ4n) is 2.86. The van der Waals surface area contributed by atoms with Crippen LogP contribution in [0.25, 0.3) is 0 Å². The molecule has 1 saturated heterocycles. The van der Waals surface area contributed by atoms with E-state index >= 15 is 0 Å². The molecule has 0 aliphatic carbocycles. The summed E-state index contributed by atoms with van der Waals surface area (Å²) >= 11 is 0. The third-order valence-electron chi connectivity index (χ3n) is 4.06. The molecule has 2 aromatic rings. The van der Waals surface area contributed by atoms with E-state index in [0.29, 0.717) is 18.7 Å². The Kier molecular flexibility index (Phi) is 5.02. The molecule has 2 heterocycles. The number of benzene rings is 1. The van der Waals surface area contributed by atoms with E-state index in [2.05, 4.69) is 9.88 Å². The first-order valence-electron chi connectivity index (χ1n) is 7.83. The van der Waals surface area contributed by atoms with Gasteiger partial charge in [0.05, 0.1) is 17.2 Å². The number of ether oxygens (including phenoxy) is 1. The summed E-state index contributed by atoms with van der Waals surface area (Å²) in [6.07, 6.45) is 3.55. The maximum atomic E-state index is 10.8. The molecular weight excluding hydrogens is 310 g/mol. The van der Waals surface area contributed by atoms with Crippen molar-refractivity contribution in [3.63, 3.8) is 0 Å². The first-order valence-corrected chi connectivity index (χ1v) is 7.83. The minimum absolute atomic E-state index is 0.00856. The molecule has 0 spiro atoms. The fourth-order valence-corrected chi connectivity index (χ4v) is 2.86. The number of aromatic nitrogens is 1. The lowest BCUT2D eigenvalue weighted by Gasteiger charge is -2.20. The van der Waals surface area contributed by atoms with E-state index < -0.39 is 11.0 Å². The number of nitrogens with zero attached hydrogens (tertiary/aromatic N) is 3. The number of nitro benzene ring substituents is 1. The van der Waals surface area contributed by atoms with Crippen molar-refractivity contribution >= 4 is 5.69 Å². The van der Waals surface area contributed by atoms with E-state index in [1.165, 1.54) is 12.1 Å². The molecule has 0 bridgehead atoms. The molecule has 2 atom stereocenters. The predicted octanol–water partition coefficient (Wildman–Crippen LogP) is 2.18. The van der Waals surface area contributed by atoms with Gasteiger partial charge in [-0.15, -0.1) is 0 Å². The number of hydrogen-bond acceptors (Lipinski definition) is 6. The highest BCUT2D eigenvalue weighted by Crippen LogP contribution is 2.23. The maximum absolute atomic E-state index is 10.8. The molecule has 1 aromatic carbocycles. The van der Waals surface area contributed by atoms with Crippen LogP contribution in [0.1, 0.15) is 18.1 Å². The average Bonchev–Trinajstić information content (AvgIpc) is 3.02. The Hall–Kier alpha value is -2.51. The Morgan fingerprint density at radius 1 is 1.42 bits per heavy atom. The van der Waals surface area contributed by atoms with E-state index in [0.717, 1.165) is 18.7 Å². The number of hydrogen-bond donors (Lipinski definition) is 1. The summed E-state index contributed by atoms with van der Waals surface area (Å²) in [6.45, 7) is 1.95. The first-order chi connectivity index (χ1) is 11.6. The zero-order valence-electron chi connectivity index (χ0n) is 13.1. The van der Waals surface area contributed by atoms with Crippen LogP contribution in [0.5, 0.6) is 5.75 Å². The number of aliphatic hydroxyl groups excluding tert-OH is 1. The van der Waals surface area contributed by atoms with Gasteiger partial charge in [-0.2, -0.15) is 0 Å². The predicted molar refractivity (Wildman–Crippen MR) is 87.8 cm³/mol. The van der Waals surface area contributed by atoms with Gasteiger partial charge in [0, 0.05) is 38.0 Å². The molecule has 1 aromatic heterocycles. The van der Waals surface area contributed by atoms with Crippen molar-refractivity contribution in [1.29, 1.82) is 0 Å². The van der Waals surface area contributed by atoms with Gasteiger partial charge in [0.1, 0.15) is 11.9 Å². The second-order valence-corrected chi connectivity index (χ2v) is 5.84. The Bertz CT molecular complexity index is 695. The summed E-state index contributed by atoms with van der Waals surface area (Å²) < 4.78 is 5.87. The van der Waals surface area contributed by atoms with Crippen LogP contribution in [0.15, 0.2) is 48.8 Å². The number of β-amino-alcohol motifs (C(OH)–C–C–N with tert-alkyl or cyclic N) is 1. The third kappa shape index (κ3) is 4.06. The maximum Gasteiger partial charge on any atom is 0.269 e.